The highest BCUT2D eigenvalue weighted by molar-refractivity contribution is 6.02. The lowest BCUT2D eigenvalue weighted by atomic mass is 10.00. The third kappa shape index (κ3) is 45.1. The molecule has 4 aromatic carbocycles. The van der Waals surface area contributed by atoms with E-state index in [9.17, 15) is 112 Å². The quantitative estimate of drug-likeness (QED) is 0.00983. The lowest BCUT2D eigenvalue weighted by Crippen LogP contribution is -2.62. The number of carbonyl (C=O) groups is 19. The summed E-state index contributed by atoms with van der Waals surface area (Å²) < 4.78 is 0. The summed E-state index contributed by atoms with van der Waals surface area (Å²) >= 11 is 0. The van der Waals surface area contributed by atoms with Crippen LogP contribution in [0, 0.1) is 23.2 Å². The van der Waals surface area contributed by atoms with Crippen molar-refractivity contribution in [3.05, 3.63) is 144 Å². The first-order valence-electron chi connectivity index (χ1n) is 49.6. The molecule has 0 spiro atoms. The second-order valence-electron chi connectivity index (χ2n) is 37.1. The zero-order valence-electron chi connectivity index (χ0n) is 84.8. The molecule has 0 saturated heterocycles. The Hall–Kier alpha value is -14.9. The fourth-order valence-electron chi connectivity index (χ4n) is 15.7. The highest BCUT2D eigenvalue weighted by Gasteiger charge is 2.41. The van der Waals surface area contributed by atoms with Gasteiger partial charge >= 0.3 is 11.9 Å². The summed E-state index contributed by atoms with van der Waals surface area (Å²) in [6.45, 7) is 7.13. The minimum Gasteiger partial charge on any atom is -0.481 e. The van der Waals surface area contributed by atoms with Crippen LogP contribution >= 0.6 is 0 Å². The number of carbonyl (C=O) groups excluding carboxylic acids is 18. The number of benzene rings is 4. The van der Waals surface area contributed by atoms with Crippen molar-refractivity contribution < 1.29 is 121 Å². The van der Waals surface area contributed by atoms with Crippen molar-refractivity contribution >= 4 is 136 Å². The molecule has 0 aliphatic carbocycles. The number of unbranched alkanes of at least 4 members (excludes halogenated alkanes) is 3. The minimum absolute atomic E-state index is 0.0151. The average molecular weight is 2090 g/mol. The molecule has 0 unspecified atom stereocenters. The standard InChI is InChI=1S/C100H147N24O25/c1-56(2)44-72(90(140)115-71(38-39-81(131)132)85(135)108-51-80(130)111-78(54-127)96(146)119-75(47-62-30-15-10-16-31-62)93(143)121-77(49-82(133)134)95(145)124-83(57(3)4)98(148)110-64(52-125)53-126)117-87(137)67(34-19-22-40-101)113-91(141)73(45-60-26-11-8-12-27-60)118-92(142)74(46-61-28-13-9-14-29-61)120-97(147)79(55-128)122-88(138)68(35-20-23-41-102)112-86(136)70(37-25-43-106-100(104)105)116-99(149)84(58(5)6)123-89(139)69(36-21-24-42-103)114-94(144)76(109-59(7)129)48-63-50-107-66-33-18-17-32-65(63)66/h8-18,26-33,50,56-58,64,67-79,83-84,107,125,127-128H,19-25,34-49,51-52,54-55,101-103H2,1-7H3,(H,108,135)(H,109,129)(H,110,148)(H,111,130)(H,112,136)(H,113,141)(H,114,144)(H,115,140)(H,116,149)(H,117,137)(H,118,142)(H,119,146)(H,120,147)(H,121,143)(H,122,138)(H,123,139)(H,124,145)(H,131,132)(H,133,134)(H4,104,105,106)/t64-,67-,68-,69-,70-,71-,72-,73-,74-,75-,76-,77-,78-,79-,83-,84-/m0/s1. The summed E-state index contributed by atoms with van der Waals surface area (Å²) in [6, 6.07) is 6.24. The monoisotopic (exact) mass is 2080 g/mol. The van der Waals surface area contributed by atoms with Crippen LogP contribution in [0.15, 0.2) is 121 Å². The van der Waals surface area contributed by atoms with E-state index in [4.69, 9.17) is 28.3 Å². The van der Waals surface area contributed by atoms with Gasteiger partial charge in [0.2, 0.25) is 107 Å². The molecule has 1 aromatic heterocycles. The van der Waals surface area contributed by atoms with Crippen molar-refractivity contribution in [1.29, 1.82) is 5.41 Å². The lowest BCUT2D eigenvalue weighted by Gasteiger charge is -2.29. The second kappa shape index (κ2) is 66.3. The van der Waals surface area contributed by atoms with Gasteiger partial charge in [-0.05, 0) is 149 Å². The van der Waals surface area contributed by atoms with Gasteiger partial charge in [-0.3, -0.25) is 101 Å². The van der Waals surface area contributed by atoms with Crippen LogP contribution in [0.5, 0.6) is 0 Å². The Morgan fingerprint density at radius 1 is 0.356 bits per heavy atom. The number of hydrogen-bond acceptors (Lipinski definition) is 27. The van der Waals surface area contributed by atoms with Crippen molar-refractivity contribution in [2.24, 2.45) is 40.7 Å². The molecule has 0 aliphatic rings. The van der Waals surface area contributed by atoms with Crippen molar-refractivity contribution in [3.8, 4) is 0 Å². The number of carboxylic acid groups (broad SMARTS) is 2. The van der Waals surface area contributed by atoms with Crippen molar-refractivity contribution in [2.45, 2.75) is 267 Å². The maximum Gasteiger partial charge on any atom is 0.305 e. The van der Waals surface area contributed by atoms with E-state index >= 15 is 9.59 Å². The van der Waals surface area contributed by atoms with Gasteiger partial charge in [0.05, 0.1) is 32.8 Å². The number of H-pyrrole nitrogens is 1. The molecule has 5 aromatic rings. The molecule has 49 heteroatoms. The number of aliphatic carboxylic acids is 2. The van der Waals surface area contributed by atoms with Crippen LogP contribution in [0.25, 0.3) is 10.9 Å². The maximum absolute atomic E-state index is 15.2. The number of aromatic nitrogens is 1. The molecule has 1 radical (unpaired) electrons. The molecule has 33 N–H and O–H groups in total. The molecular weight excluding hydrogens is 1940 g/mol. The first-order chi connectivity index (χ1) is 71.0. The number of guanidine groups is 1. The summed E-state index contributed by atoms with van der Waals surface area (Å²) in [5.41, 5.74) is 26.0. The molecule has 817 valence electrons. The van der Waals surface area contributed by atoms with Crippen molar-refractivity contribution in [3.63, 3.8) is 0 Å². The zero-order chi connectivity index (χ0) is 110. The van der Waals surface area contributed by atoms with Gasteiger partial charge in [-0.1, -0.05) is 151 Å². The number of aliphatic hydroxyl groups excluding tert-OH is 3. The third-order valence-electron chi connectivity index (χ3n) is 23.7. The summed E-state index contributed by atoms with van der Waals surface area (Å²) in [6.07, 6.45) is 0.978. The Morgan fingerprint density at radius 3 is 1.09 bits per heavy atom. The number of para-hydroxylation sites is 1. The predicted molar refractivity (Wildman–Crippen MR) is 545 cm³/mol. The Balaban J connectivity index is 1.37. The third-order valence-corrected chi connectivity index (χ3v) is 23.7. The van der Waals surface area contributed by atoms with Crippen LogP contribution < -0.4 is 119 Å². The number of aromatic amines is 1. The molecule has 0 fully saturated rings. The van der Waals surface area contributed by atoms with Crippen molar-refractivity contribution in [2.75, 3.05) is 52.5 Å². The first-order valence-corrected chi connectivity index (χ1v) is 49.6. The fourth-order valence-corrected chi connectivity index (χ4v) is 15.7. The summed E-state index contributed by atoms with van der Waals surface area (Å²) in [5, 5.41) is 104. The van der Waals surface area contributed by atoms with E-state index in [2.05, 4.69) is 101 Å². The molecular formula is C100H147N24O25. The van der Waals surface area contributed by atoms with Crippen LogP contribution in [-0.2, 0) is 122 Å². The number of amides is 17. The van der Waals surface area contributed by atoms with Gasteiger partial charge in [-0.2, -0.15) is 0 Å². The van der Waals surface area contributed by atoms with Gasteiger partial charge in [0.15, 0.2) is 5.96 Å². The summed E-state index contributed by atoms with van der Waals surface area (Å²) in [5.74, 6) is -22.3. The molecule has 0 aliphatic heterocycles. The number of carboxylic acids is 2. The number of nitrogens with one attached hydrogen (secondary N) is 20. The SMILES string of the molecule is CC(=O)N[C@@H](Cc1c[nH]c2ccccc12)C(=O)N[C@@H](CCCCN)C(=O)N[C@H](C(=O)N[C@@H](CCCNC(=N)N)C(=O)N[C@@H](CCCCN)C(=O)N[C@@H](CO)C(=O)N[C@@H](Cc1ccccc1)C(=O)N[C@@H](Cc1ccccc1)C(=O)N[C@@H](CCCCN)C(=O)N[C@@H](CC(C)C)C(=O)N[C@@H](CCC(=O)O)C(=O)NCC(=O)N[C@@H](CO)C(=O)N[C@@H](Cc1ccccc1)C(=O)N[C@@H](CC(=O)O)C(=O)N[C@H](C(=O)N[C@H]([C]=O)CO)C(C)C)C(C)C. The Bertz CT molecular complexity index is 5250. The van der Waals surface area contributed by atoms with E-state index in [0.29, 0.717) is 47.9 Å². The largest absolute Gasteiger partial charge is 0.481 e. The summed E-state index contributed by atoms with van der Waals surface area (Å²) in [7, 11) is 0. The topological polar surface area (TPSA) is 803 Å². The van der Waals surface area contributed by atoms with E-state index in [1.807, 2.05) is 24.3 Å². The van der Waals surface area contributed by atoms with Gasteiger partial charge in [0, 0.05) is 62.7 Å². The van der Waals surface area contributed by atoms with Crippen LogP contribution in [0.1, 0.15) is 167 Å². The normalized spacial score (nSPS) is 14.4. The zero-order valence-corrected chi connectivity index (χ0v) is 84.8. The van der Waals surface area contributed by atoms with Crippen LogP contribution in [0.2, 0.25) is 0 Å². The first kappa shape index (κ1) is 125. The molecule has 0 saturated carbocycles. The number of rotatable bonds is 70. The van der Waals surface area contributed by atoms with E-state index < -0.39 is 278 Å². The number of hydrogen-bond donors (Lipinski definition) is 29. The van der Waals surface area contributed by atoms with Gasteiger partial charge in [0.1, 0.15) is 96.7 Å². The molecule has 49 nitrogen and oxygen atoms in total. The van der Waals surface area contributed by atoms with Gasteiger partial charge in [0.25, 0.3) is 0 Å². The maximum atomic E-state index is 15.2. The minimum atomic E-state index is -1.93. The van der Waals surface area contributed by atoms with E-state index in [0.717, 1.165) is 10.9 Å². The highest BCUT2D eigenvalue weighted by Crippen LogP contribution is 2.22. The van der Waals surface area contributed by atoms with Crippen LogP contribution in [-0.4, -0.2) is 304 Å². The van der Waals surface area contributed by atoms with Crippen LogP contribution in [0.3, 0.4) is 0 Å². The molecule has 0 bridgehead atoms. The lowest BCUT2D eigenvalue weighted by molar-refractivity contribution is -0.142. The highest BCUT2D eigenvalue weighted by atomic mass is 16.4. The number of fused-ring (bicyclic) bond motifs is 1. The summed E-state index contributed by atoms with van der Waals surface area (Å²) in [4.78, 5) is 282. The van der Waals surface area contributed by atoms with Gasteiger partial charge in [-0.25, -0.2) is 0 Å². The van der Waals surface area contributed by atoms with E-state index in [-0.39, 0.29) is 103 Å². The van der Waals surface area contributed by atoms with E-state index in [1.165, 1.54) is 27.1 Å². The molecule has 149 heavy (non-hydrogen) atoms. The predicted octanol–water partition coefficient (Wildman–Crippen LogP) is -5.23. The molecule has 1 heterocycles. The Kier molecular flexibility index (Phi) is 55.4. The fraction of sp³-hybridized carbons (Fsp3) is 0.530. The van der Waals surface area contributed by atoms with Gasteiger partial charge in [-0.15, -0.1) is 0 Å². The Labute approximate surface area is 863 Å². The van der Waals surface area contributed by atoms with Crippen LogP contribution in [0.4, 0.5) is 0 Å². The molecule has 17 amide bonds. The van der Waals surface area contributed by atoms with Crippen molar-refractivity contribution in [1.82, 2.24) is 101 Å². The average Bonchev–Trinajstić information content (AvgIpc) is 1.70. The number of nitrogens with two attached hydrogens (primary N) is 4. The second-order valence-corrected chi connectivity index (χ2v) is 37.1. The Morgan fingerprint density at radius 2 is 0.698 bits per heavy atom. The molecule has 16 atom stereocenters. The smallest absolute Gasteiger partial charge is 0.305 e. The van der Waals surface area contributed by atoms with Gasteiger partial charge < -0.3 is 149 Å². The van der Waals surface area contributed by atoms with E-state index in [1.54, 1.807) is 125 Å². The number of aliphatic hydroxyl groups is 3. The molecule has 5 rings (SSSR count).